The minimum Gasteiger partial charge on any atom is -0.399 e. The Morgan fingerprint density at radius 3 is 2.75 bits per heavy atom. The zero-order valence-corrected chi connectivity index (χ0v) is 12.4. The van der Waals surface area contributed by atoms with Gasteiger partial charge in [-0.2, -0.15) is 0 Å². The summed E-state index contributed by atoms with van der Waals surface area (Å²) in [4.78, 5) is 12.1. The van der Waals surface area contributed by atoms with E-state index in [0.29, 0.717) is 22.2 Å². The molecular weight excluding hydrogens is 276 g/mol. The van der Waals surface area contributed by atoms with Gasteiger partial charge in [0.1, 0.15) is 0 Å². The van der Waals surface area contributed by atoms with Crippen LogP contribution in [-0.2, 0) is 0 Å². The van der Waals surface area contributed by atoms with Crippen molar-refractivity contribution in [1.29, 1.82) is 0 Å². The fourth-order valence-electron chi connectivity index (χ4n) is 2.53. The summed E-state index contributed by atoms with van der Waals surface area (Å²) in [6, 6.07) is 4.78. The molecule has 0 aromatic heterocycles. The van der Waals surface area contributed by atoms with Crippen LogP contribution in [-0.4, -0.2) is 23.2 Å². The molecule has 0 saturated heterocycles. The molecule has 1 saturated carbocycles. The summed E-state index contributed by atoms with van der Waals surface area (Å²) < 4.78 is 0. The highest BCUT2D eigenvalue weighted by Crippen LogP contribution is 2.31. The van der Waals surface area contributed by atoms with Gasteiger partial charge in [-0.05, 0) is 49.8 Å². The number of nitrogens with one attached hydrogen (secondary N) is 1. The van der Waals surface area contributed by atoms with Crippen LogP contribution in [0, 0.1) is 5.92 Å². The Hall–Kier alpha value is -1.26. The Morgan fingerprint density at radius 1 is 1.50 bits per heavy atom. The molecule has 0 unspecified atom stereocenters. The van der Waals surface area contributed by atoms with E-state index in [1.165, 1.54) is 0 Å². The largest absolute Gasteiger partial charge is 0.399 e. The van der Waals surface area contributed by atoms with Crippen LogP contribution < -0.4 is 11.1 Å². The van der Waals surface area contributed by atoms with Crippen molar-refractivity contribution < 1.29 is 9.90 Å². The van der Waals surface area contributed by atoms with E-state index in [0.717, 1.165) is 25.7 Å². The van der Waals surface area contributed by atoms with Crippen molar-refractivity contribution in [2.75, 3.05) is 12.3 Å². The Balaban J connectivity index is 1.95. The van der Waals surface area contributed by atoms with E-state index in [1.54, 1.807) is 18.2 Å². The van der Waals surface area contributed by atoms with Gasteiger partial charge >= 0.3 is 0 Å². The average Bonchev–Trinajstić information content (AvgIpc) is 2.40. The summed E-state index contributed by atoms with van der Waals surface area (Å²) in [6.45, 7) is 2.45. The lowest BCUT2D eigenvalue weighted by atomic mass is 9.79. The monoisotopic (exact) mass is 296 g/mol. The molecule has 0 spiro atoms. The van der Waals surface area contributed by atoms with E-state index < -0.39 is 5.60 Å². The maximum atomic E-state index is 12.1. The lowest BCUT2D eigenvalue weighted by Gasteiger charge is -2.34. The van der Waals surface area contributed by atoms with Gasteiger partial charge in [0.25, 0.3) is 5.91 Å². The highest BCUT2D eigenvalue weighted by molar-refractivity contribution is 6.34. The number of rotatable bonds is 3. The topological polar surface area (TPSA) is 75.3 Å². The van der Waals surface area contributed by atoms with E-state index in [9.17, 15) is 9.90 Å². The van der Waals surface area contributed by atoms with Gasteiger partial charge in [0, 0.05) is 12.2 Å². The Labute approximate surface area is 124 Å². The van der Waals surface area contributed by atoms with Crippen molar-refractivity contribution in [2.24, 2.45) is 5.92 Å². The molecule has 0 atom stereocenters. The van der Waals surface area contributed by atoms with E-state index in [-0.39, 0.29) is 12.5 Å². The molecule has 4 nitrogen and oxygen atoms in total. The summed E-state index contributed by atoms with van der Waals surface area (Å²) in [5.74, 6) is 0.375. The molecule has 1 fully saturated rings. The van der Waals surface area contributed by atoms with Gasteiger partial charge in [-0.25, -0.2) is 0 Å². The fraction of sp³-hybridized carbons (Fsp3) is 0.533. The average molecular weight is 297 g/mol. The van der Waals surface area contributed by atoms with Gasteiger partial charge in [0.2, 0.25) is 0 Å². The van der Waals surface area contributed by atoms with E-state index >= 15 is 0 Å². The van der Waals surface area contributed by atoms with Gasteiger partial charge < -0.3 is 16.2 Å². The molecule has 0 radical (unpaired) electrons. The first kappa shape index (κ1) is 15.1. The highest BCUT2D eigenvalue weighted by atomic mass is 35.5. The maximum Gasteiger partial charge on any atom is 0.252 e. The maximum absolute atomic E-state index is 12.1. The Kier molecular flexibility index (Phi) is 4.55. The molecule has 0 heterocycles. The van der Waals surface area contributed by atoms with Crippen molar-refractivity contribution >= 4 is 23.2 Å². The molecule has 1 aromatic carbocycles. The third-order valence-electron chi connectivity index (χ3n) is 4.02. The van der Waals surface area contributed by atoms with Crippen LogP contribution in [0.15, 0.2) is 18.2 Å². The van der Waals surface area contributed by atoms with E-state index in [1.807, 2.05) is 0 Å². The first-order valence-corrected chi connectivity index (χ1v) is 7.33. The molecular formula is C15H21ClN2O2. The molecule has 5 heteroatoms. The van der Waals surface area contributed by atoms with Gasteiger partial charge in [0.05, 0.1) is 16.2 Å². The second-order valence-electron chi connectivity index (χ2n) is 5.83. The van der Waals surface area contributed by atoms with Gasteiger partial charge in [0.15, 0.2) is 0 Å². The lowest BCUT2D eigenvalue weighted by Crippen LogP contribution is -2.45. The summed E-state index contributed by atoms with van der Waals surface area (Å²) in [5, 5.41) is 13.5. The van der Waals surface area contributed by atoms with Crippen molar-refractivity contribution in [3.05, 3.63) is 28.8 Å². The number of hydrogen-bond donors (Lipinski definition) is 3. The smallest absolute Gasteiger partial charge is 0.252 e. The van der Waals surface area contributed by atoms with Gasteiger partial charge in [-0.3, -0.25) is 4.79 Å². The minimum absolute atomic E-state index is 0.263. The van der Waals surface area contributed by atoms with Crippen LogP contribution in [0.3, 0.4) is 0 Å². The normalized spacial score (nSPS) is 26.2. The summed E-state index contributed by atoms with van der Waals surface area (Å²) >= 11 is 6.00. The van der Waals surface area contributed by atoms with Crippen LogP contribution in [0.5, 0.6) is 0 Å². The molecule has 110 valence electrons. The number of aliphatic hydroxyl groups is 1. The van der Waals surface area contributed by atoms with Crippen LogP contribution in [0.4, 0.5) is 5.69 Å². The predicted octanol–water partition coefficient (Wildman–Crippen LogP) is 2.59. The van der Waals surface area contributed by atoms with Crippen molar-refractivity contribution in [3.8, 4) is 0 Å². The summed E-state index contributed by atoms with van der Waals surface area (Å²) in [7, 11) is 0. The molecule has 4 N–H and O–H groups in total. The quantitative estimate of drug-likeness (QED) is 0.751. The van der Waals surface area contributed by atoms with Crippen LogP contribution >= 0.6 is 11.6 Å². The number of anilines is 1. The number of carbonyl (C=O) groups excluding carboxylic acids is 1. The molecule has 1 aliphatic rings. The second-order valence-corrected chi connectivity index (χ2v) is 6.24. The molecule has 20 heavy (non-hydrogen) atoms. The Morgan fingerprint density at radius 2 is 2.15 bits per heavy atom. The zero-order chi connectivity index (χ0) is 14.8. The molecule has 0 bridgehead atoms. The SMILES string of the molecule is CC1CCC(O)(CNC(=O)c2ccc(N)cc2Cl)CC1. The molecule has 2 rings (SSSR count). The first-order valence-electron chi connectivity index (χ1n) is 6.95. The molecule has 1 amide bonds. The van der Waals surface area contributed by atoms with Crippen molar-refractivity contribution in [3.63, 3.8) is 0 Å². The van der Waals surface area contributed by atoms with Crippen LogP contribution in [0.1, 0.15) is 43.0 Å². The molecule has 0 aliphatic heterocycles. The number of nitrogen functional groups attached to an aromatic ring is 1. The van der Waals surface area contributed by atoms with Gasteiger partial charge in [-0.15, -0.1) is 0 Å². The van der Waals surface area contributed by atoms with E-state index in [4.69, 9.17) is 17.3 Å². The third kappa shape index (κ3) is 3.64. The van der Waals surface area contributed by atoms with Gasteiger partial charge in [-0.1, -0.05) is 18.5 Å². The summed E-state index contributed by atoms with van der Waals surface area (Å²) in [6.07, 6.45) is 3.44. The second kappa shape index (κ2) is 6.02. The van der Waals surface area contributed by atoms with Crippen LogP contribution in [0.2, 0.25) is 5.02 Å². The first-order chi connectivity index (χ1) is 9.39. The molecule has 1 aliphatic carbocycles. The van der Waals surface area contributed by atoms with E-state index in [2.05, 4.69) is 12.2 Å². The zero-order valence-electron chi connectivity index (χ0n) is 11.7. The standard InChI is InChI=1S/C15H21ClN2O2/c1-10-4-6-15(20,7-5-10)9-18-14(19)12-3-2-11(17)8-13(12)16/h2-3,8,10,20H,4-7,9,17H2,1H3,(H,18,19). The lowest BCUT2D eigenvalue weighted by molar-refractivity contribution is -0.00539. The Bertz CT molecular complexity index is 497. The highest BCUT2D eigenvalue weighted by Gasteiger charge is 2.32. The number of carbonyl (C=O) groups is 1. The predicted molar refractivity (Wildman–Crippen MR) is 80.8 cm³/mol. The number of hydrogen-bond acceptors (Lipinski definition) is 3. The number of benzene rings is 1. The number of amides is 1. The number of nitrogens with two attached hydrogens (primary N) is 1. The van der Waals surface area contributed by atoms with Crippen LogP contribution in [0.25, 0.3) is 0 Å². The molecule has 1 aromatic rings. The van der Waals surface area contributed by atoms with Crippen molar-refractivity contribution in [1.82, 2.24) is 5.32 Å². The minimum atomic E-state index is -0.789. The summed E-state index contributed by atoms with van der Waals surface area (Å²) in [5.41, 5.74) is 5.71. The number of halogens is 1. The fourth-order valence-corrected chi connectivity index (χ4v) is 2.81. The third-order valence-corrected chi connectivity index (χ3v) is 4.33. The van der Waals surface area contributed by atoms with Crippen molar-refractivity contribution in [2.45, 2.75) is 38.2 Å².